The fourth-order valence-corrected chi connectivity index (χ4v) is 4.12. The molecule has 0 amide bonds. The monoisotopic (exact) mass is 421 g/mol. The van der Waals surface area contributed by atoms with Gasteiger partial charge in [0.15, 0.2) is 0 Å². The first-order valence-electron chi connectivity index (χ1n) is 8.81. The third kappa shape index (κ3) is 4.31. The predicted octanol–water partition coefficient (Wildman–Crippen LogP) is 6.53. The number of halogens is 1. The molecular formula is C23H16ClNO3S. The number of aliphatic imine (C=N–C) groups is 1. The summed E-state index contributed by atoms with van der Waals surface area (Å²) >= 11 is 7.67. The summed E-state index contributed by atoms with van der Waals surface area (Å²) in [5.41, 5.74) is 1.71. The average Bonchev–Trinajstić information content (AvgIpc) is 3.10. The lowest BCUT2D eigenvalue weighted by Crippen LogP contribution is -2.06. The molecule has 0 radical (unpaired) electrons. The standard InChI is InChI=1S/C23H16ClNO3S/c1-27-17-12-8-16(9-13-17)25-14-15-6-10-18(11-7-15)28-23(26)22-21(24)19-4-2-3-5-20(19)29-22/h2-14H,1H3. The second kappa shape index (κ2) is 8.47. The van der Waals surface area contributed by atoms with Crippen LogP contribution in [-0.2, 0) is 0 Å². The fourth-order valence-electron chi connectivity index (χ4n) is 2.74. The molecule has 6 heteroatoms. The maximum atomic E-state index is 12.5. The summed E-state index contributed by atoms with van der Waals surface area (Å²) in [6.07, 6.45) is 1.75. The van der Waals surface area contributed by atoms with Crippen molar-refractivity contribution >= 4 is 50.9 Å². The SMILES string of the molecule is COc1ccc(N=Cc2ccc(OC(=O)c3sc4ccccc4c3Cl)cc2)cc1. The molecule has 0 saturated carbocycles. The second-order valence-corrected chi connectivity index (χ2v) is 7.59. The van der Waals surface area contributed by atoms with Gasteiger partial charge in [0.1, 0.15) is 16.4 Å². The molecule has 0 bridgehead atoms. The third-order valence-electron chi connectivity index (χ3n) is 4.25. The summed E-state index contributed by atoms with van der Waals surface area (Å²) in [7, 11) is 1.63. The van der Waals surface area contributed by atoms with Gasteiger partial charge in [0.2, 0.25) is 0 Å². The number of ether oxygens (including phenoxy) is 2. The number of methoxy groups -OCH3 is 1. The predicted molar refractivity (Wildman–Crippen MR) is 118 cm³/mol. The fraction of sp³-hybridized carbons (Fsp3) is 0.0435. The maximum absolute atomic E-state index is 12.5. The van der Waals surface area contributed by atoms with E-state index in [9.17, 15) is 4.79 Å². The smallest absolute Gasteiger partial charge is 0.355 e. The quantitative estimate of drug-likeness (QED) is 0.209. The van der Waals surface area contributed by atoms with Crippen LogP contribution in [0.5, 0.6) is 11.5 Å². The van der Waals surface area contributed by atoms with E-state index in [1.54, 1.807) is 25.5 Å². The van der Waals surface area contributed by atoms with Crippen LogP contribution in [0.1, 0.15) is 15.2 Å². The summed E-state index contributed by atoms with van der Waals surface area (Å²) in [5, 5.41) is 1.29. The number of hydrogen-bond acceptors (Lipinski definition) is 5. The lowest BCUT2D eigenvalue weighted by molar-refractivity contribution is 0.0740. The Bertz CT molecular complexity index is 1180. The Balaban J connectivity index is 1.45. The average molecular weight is 422 g/mol. The summed E-state index contributed by atoms with van der Waals surface area (Å²) in [6, 6.07) is 22.2. The molecule has 0 N–H and O–H groups in total. The highest BCUT2D eigenvalue weighted by atomic mass is 35.5. The number of carbonyl (C=O) groups excluding carboxylic acids is 1. The van der Waals surface area contributed by atoms with Gasteiger partial charge < -0.3 is 9.47 Å². The van der Waals surface area contributed by atoms with Crippen molar-refractivity contribution in [3.8, 4) is 11.5 Å². The Kier molecular flexibility index (Phi) is 5.60. The van der Waals surface area contributed by atoms with Crippen molar-refractivity contribution < 1.29 is 14.3 Å². The number of carbonyl (C=O) groups is 1. The number of nitrogens with zero attached hydrogens (tertiary/aromatic N) is 1. The zero-order chi connectivity index (χ0) is 20.2. The molecule has 0 fully saturated rings. The molecule has 4 rings (SSSR count). The van der Waals surface area contributed by atoms with Gasteiger partial charge >= 0.3 is 5.97 Å². The summed E-state index contributed by atoms with van der Waals surface area (Å²) in [6.45, 7) is 0. The molecule has 1 aromatic heterocycles. The minimum absolute atomic E-state index is 0.401. The largest absolute Gasteiger partial charge is 0.497 e. The van der Waals surface area contributed by atoms with Gasteiger partial charge in [-0.25, -0.2) is 4.79 Å². The van der Waals surface area contributed by atoms with Crippen molar-refractivity contribution in [2.45, 2.75) is 0 Å². The van der Waals surface area contributed by atoms with Gasteiger partial charge in [0, 0.05) is 16.3 Å². The molecule has 144 valence electrons. The van der Waals surface area contributed by atoms with Crippen LogP contribution in [0.4, 0.5) is 5.69 Å². The number of hydrogen-bond donors (Lipinski definition) is 0. The van der Waals surface area contributed by atoms with Crippen LogP contribution in [0.3, 0.4) is 0 Å². The van der Waals surface area contributed by atoms with E-state index in [2.05, 4.69) is 4.99 Å². The van der Waals surface area contributed by atoms with Crippen molar-refractivity contribution in [3.63, 3.8) is 0 Å². The molecule has 29 heavy (non-hydrogen) atoms. The zero-order valence-corrected chi connectivity index (χ0v) is 17.0. The van der Waals surface area contributed by atoms with Crippen molar-refractivity contribution in [2.24, 2.45) is 4.99 Å². The van der Waals surface area contributed by atoms with E-state index in [4.69, 9.17) is 21.1 Å². The molecule has 0 aliphatic heterocycles. The molecule has 0 atom stereocenters. The molecule has 0 spiro atoms. The van der Waals surface area contributed by atoms with Crippen molar-refractivity contribution in [1.82, 2.24) is 0 Å². The minimum atomic E-state index is -0.462. The molecule has 0 aliphatic rings. The van der Waals surface area contributed by atoms with Crippen molar-refractivity contribution in [2.75, 3.05) is 7.11 Å². The highest BCUT2D eigenvalue weighted by Gasteiger charge is 2.18. The van der Waals surface area contributed by atoms with E-state index in [1.807, 2.05) is 60.7 Å². The molecule has 4 aromatic rings. The lowest BCUT2D eigenvalue weighted by atomic mass is 10.2. The Morgan fingerprint density at radius 2 is 1.66 bits per heavy atom. The first-order valence-corrected chi connectivity index (χ1v) is 10.0. The number of rotatable bonds is 5. The maximum Gasteiger partial charge on any atom is 0.355 e. The van der Waals surface area contributed by atoms with Crippen LogP contribution in [0.2, 0.25) is 5.02 Å². The van der Waals surface area contributed by atoms with Gasteiger partial charge in [-0.1, -0.05) is 29.8 Å². The summed E-state index contributed by atoms with van der Waals surface area (Å²) < 4.78 is 11.6. The molecule has 0 aliphatic carbocycles. The van der Waals surface area contributed by atoms with E-state index in [0.29, 0.717) is 15.6 Å². The molecule has 0 saturated heterocycles. The first kappa shape index (κ1) is 19.2. The van der Waals surface area contributed by atoms with Gasteiger partial charge in [0.25, 0.3) is 0 Å². The van der Waals surface area contributed by atoms with Gasteiger partial charge in [-0.15, -0.1) is 11.3 Å². The summed E-state index contributed by atoms with van der Waals surface area (Å²) in [4.78, 5) is 17.3. The number of esters is 1. The van der Waals surface area contributed by atoms with E-state index >= 15 is 0 Å². The molecule has 1 heterocycles. The minimum Gasteiger partial charge on any atom is -0.497 e. The van der Waals surface area contributed by atoms with Crippen molar-refractivity contribution in [1.29, 1.82) is 0 Å². The molecule has 3 aromatic carbocycles. The van der Waals surface area contributed by atoms with E-state index in [0.717, 1.165) is 27.1 Å². The number of benzene rings is 3. The van der Waals surface area contributed by atoms with Gasteiger partial charge in [-0.05, 0) is 60.2 Å². The van der Waals surface area contributed by atoms with Gasteiger partial charge in [0.05, 0.1) is 17.8 Å². The molecular weight excluding hydrogens is 406 g/mol. The number of fused-ring (bicyclic) bond motifs is 1. The second-order valence-electron chi connectivity index (χ2n) is 6.16. The zero-order valence-electron chi connectivity index (χ0n) is 15.5. The Hall–Kier alpha value is -3.15. The van der Waals surface area contributed by atoms with E-state index in [1.165, 1.54) is 11.3 Å². The van der Waals surface area contributed by atoms with Gasteiger partial charge in [-0.3, -0.25) is 4.99 Å². The Labute approximate surface area is 177 Å². The molecule has 0 unspecified atom stereocenters. The third-order valence-corrected chi connectivity index (χ3v) is 5.90. The van der Waals surface area contributed by atoms with Crippen LogP contribution < -0.4 is 9.47 Å². The van der Waals surface area contributed by atoms with Crippen molar-refractivity contribution in [3.05, 3.63) is 88.3 Å². The van der Waals surface area contributed by atoms with Crippen LogP contribution in [0.25, 0.3) is 10.1 Å². The van der Waals surface area contributed by atoms with Crippen LogP contribution in [-0.4, -0.2) is 19.3 Å². The van der Waals surface area contributed by atoms with E-state index in [-0.39, 0.29) is 0 Å². The van der Waals surface area contributed by atoms with Gasteiger partial charge in [-0.2, -0.15) is 0 Å². The highest BCUT2D eigenvalue weighted by Crippen LogP contribution is 2.35. The molecule has 4 nitrogen and oxygen atoms in total. The first-order chi connectivity index (χ1) is 14.1. The van der Waals surface area contributed by atoms with Crippen LogP contribution >= 0.6 is 22.9 Å². The normalized spacial score (nSPS) is 11.1. The van der Waals surface area contributed by atoms with Crippen LogP contribution in [0, 0.1) is 0 Å². The van der Waals surface area contributed by atoms with Crippen LogP contribution in [0.15, 0.2) is 77.8 Å². The van der Waals surface area contributed by atoms with E-state index < -0.39 is 5.97 Å². The number of thiophene rings is 1. The Morgan fingerprint density at radius 1 is 0.966 bits per heavy atom. The highest BCUT2D eigenvalue weighted by molar-refractivity contribution is 7.21. The topological polar surface area (TPSA) is 47.9 Å². The Morgan fingerprint density at radius 3 is 2.34 bits per heavy atom. The lowest BCUT2D eigenvalue weighted by Gasteiger charge is -2.03. The summed E-state index contributed by atoms with van der Waals surface area (Å²) in [5.74, 6) is 0.773.